The van der Waals surface area contributed by atoms with Crippen LogP contribution in [0.3, 0.4) is 0 Å². The van der Waals surface area contributed by atoms with Crippen molar-refractivity contribution >= 4 is 5.97 Å². The van der Waals surface area contributed by atoms with Gasteiger partial charge in [0.15, 0.2) is 5.82 Å². The minimum absolute atomic E-state index is 0.352. The van der Waals surface area contributed by atoms with Gasteiger partial charge in [0.1, 0.15) is 5.69 Å². The molecule has 0 aliphatic carbocycles. The smallest absolute Gasteiger partial charge is 0.356 e. The Labute approximate surface area is 85.3 Å². The van der Waals surface area contributed by atoms with E-state index >= 15 is 0 Å². The normalized spacial score (nSPS) is 10.3. The molecule has 0 spiro atoms. The number of hydrogen-bond acceptors (Lipinski definition) is 5. The van der Waals surface area contributed by atoms with Crippen molar-refractivity contribution < 1.29 is 9.53 Å². The van der Waals surface area contributed by atoms with Gasteiger partial charge in [-0.2, -0.15) is 15.3 Å². The molecule has 0 fully saturated rings. The van der Waals surface area contributed by atoms with E-state index in [1.165, 1.54) is 29.0 Å². The second-order valence-corrected chi connectivity index (χ2v) is 2.82. The minimum Gasteiger partial charge on any atom is -0.464 e. The number of nitrogens with zero attached hydrogens (tertiary/aromatic N) is 5. The first-order valence-electron chi connectivity index (χ1n) is 4.21. The highest BCUT2D eigenvalue weighted by atomic mass is 16.5. The average molecular weight is 207 g/mol. The zero-order valence-electron chi connectivity index (χ0n) is 8.28. The number of rotatable bonds is 2. The molecule has 2 aromatic rings. The molecule has 7 heteroatoms. The zero-order valence-corrected chi connectivity index (χ0v) is 8.28. The number of ether oxygens (including phenoxy) is 1. The third-order valence-electron chi connectivity index (χ3n) is 1.89. The Balaban J connectivity index is 2.41. The number of hydrogen-bond donors (Lipinski definition) is 0. The van der Waals surface area contributed by atoms with Crippen LogP contribution < -0.4 is 0 Å². The second-order valence-electron chi connectivity index (χ2n) is 2.82. The Morgan fingerprint density at radius 2 is 2.07 bits per heavy atom. The Morgan fingerprint density at radius 1 is 1.40 bits per heavy atom. The Morgan fingerprint density at radius 3 is 2.67 bits per heavy atom. The van der Waals surface area contributed by atoms with Crippen molar-refractivity contribution in [2.75, 3.05) is 7.11 Å². The summed E-state index contributed by atoms with van der Waals surface area (Å²) in [7, 11) is 2.97. The molecule has 2 heterocycles. The minimum atomic E-state index is -0.441. The molecule has 2 aromatic heterocycles. The van der Waals surface area contributed by atoms with E-state index in [4.69, 9.17) is 0 Å². The second kappa shape index (κ2) is 3.52. The molecule has 0 N–H and O–H groups in total. The standard InChI is InChI=1S/C8H9N5O2/c1-12-6(8(14)15-2)5-7(11-12)13-9-3-4-10-13/h3-5H,1-2H3. The summed E-state index contributed by atoms with van der Waals surface area (Å²) < 4.78 is 6.02. The molecular formula is C8H9N5O2. The van der Waals surface area contributed by atoms with E-state index in [1.54, 1.807) is 13.1 Å². The monoisotopic (exact) mass is 207 g/mol. The van der Waals surface area contributed by atoms with Crippen LogP contribution in [0.4, 0.5) is 0 Å². The fraction of sp³-hybridized carbons (Fsp3) is 0.250. The predicted molar refractivity (Wildman–Crippen MR) is 49.5 cm³/mol. The third-order valence-corrected chi connectivity index (χ3v) is 1.89. The first kappa shape index (κ1) is 9.38. The van der Waals surface area contributed by atoms with Crippen LogP contribution in [0.5, 0.6) is 0 Å². The Hall–Kier alpha value is -2.18. The molecular weight excluding hydrogens is 198 g/mol. The lowest BCUT2D eigenvalue weighted by Crippen LogP contribution is -2.08. The SMILES string of the molecule is COC(=O)c1cc(-n2nccn2)nn1C. The molecule has 0 atom stereocenters. The quantitative estimate of drug-likeness (QED) is 0.637. The maximum atomic E-state index is 11.3. The van der Waals surface area contributed by atoms with Gasteiger partial charge < -0.3 is 4.74 Å². The summed E-state index contributed by atoms with van der Waals surface area (Å²) in [5.41, 5.74) is 0.352. The summed E-state index contributed by atoms with van der Waals surface area (Å²) in [5.74, 6) is 0.0336. The van der Waals surface area contributed by atoms with E-state index in [1.807, 2.05) is 0 Å². The third kappa shape index (κ3) is 1.58. The molecule has 0 aliphatic rings. The zero-order chi connectivity index (χ0) is 10.8. The van der Waals surface area contributed by atoms with Crippen LogP contribution >= 0.6 is 0 Å². The van der Waals surface area contributed by atoms with Crippen molar-refractivity contribution in [1.82, 2.24) is 24.8 Å². The van der Waals surface area contributed by atoms with Crippen molar-refractivity contribution in [3.63, 3.8) is 0 Å². The van der Waals surface area contributed by atoms with Crippen molar-refractivity contribution in [2.24, 2.45) is 7.05 Å². The summed E-state index contributed by atoms with van der Waals surface area (Å²) in [4.78, 5) is 12.6. The summed E-state index contributed by atoms with van der Waals surface area (Å²) in [6.45, 7) is 0. The van der Waals surface area contributed by atoms with Gasteiger partial charge in [-0.1, -0.05) is 0 Å². The molecule has 0 bridgehead atoms. The molecule has 0 aliphatic heterocycles. The van der Waals surface area contributed by atoms with E-state index in [0.29, 0.717) is 11.5 Å². The van der Waals surface area contributed by atoms with Gasteiger partial charge in [0.25, 0.3) is 0 Å². The molecule has 0 saturated carbocycles. The van der Waals surface area contributed by atoms with Crippen LogP contribution in [0.2, 0.25) is 0 Å². The fourth-order valence-electron chi connectivity index (χ4n) is 1.18. The lowest BCUT2D eigenvalue weighted by atomic mass is 10.4. The van der Waals surface area contributed by atoms with Crippen LogP contribution in [0.15, 0.2) is 18.5 Å². The van der Waals surface area contributed by atoms with E-state index in [0.717, 1.165) is 0 Å². The molecule has 15 heavy (non-hydrogen) atoms. The number of aromatic nitrogens is 5. The van der Waals surface area contributed by atoms with Crippen LogP contribution in [0, 0.1) is 0 Å². The number of esters is 1. The molecule has 7 nitrogen and oxygen atoms in total. The highest BCUT2D eigenvalue weighted by Crippen LogP contribution is 2.06. The maximum Gasteiger partial charge on any atom is 0.356 e. The predicted octanol–water partition coefficient (Wildman–Crippen LogP) is -0.213. The summed E-state index contributed by atoms with van der Waals surface area (Å²) in [5, 5.41) is 11.9. The molecule has 78 valence electrons. The van der Waals surface area contributed by atoms with Gasteiger partial charge >= 0.3 is 5.97 Å². The van der Waals surface area contributed by atoms with Crippen molar-refractivity contribution in [1.29, 1.82) is 0 Å². The van der Waals surface area contributed by atoms with Crippen LogP contribution in [-0.4, -0.2) is 37.9 Å². The molecule has 2 rings (SSSR count). The molecule has 0 unspecified atom stereocenters. The molecule has 0 saturated heterocycles. The molecule has 0 radical (unpaired) electrons. The topological polar surface area (TPSA) is 74.8 Å². The van der Waals surface area contributed by atoms with E-state index in [-0.39, 0.29) is 0 Å². The Kier molecular flexibility index (Phi) is 2.20. The average Bonchev–Trinajstić information content (AvgIpc) is 2.84. The van der Waals surface area contributed by atoms with Gasteiger partial charge in [-0.15, -0.1) is 4.80 Å². The summed E-state index contributed by atoms with van der Waals surface area (Å²) in [6.07, 6.45) is 3.07. The lowest BCUT2D eigenvalue weighted by Gasteiger charge is -1.96. The van der Waals surface area contributed by atoms with Gasteiger partial charge in [0, 0.05) is 13.1 Å². The van der Waals surface area contributed by atoms with Crippen LogP contribution in [0.1, 0.15) is 10.5 Å². The van der Waals surface area contributed by atoms with Gasteiger partial charge in [-0.05, 0) is 0 Å². The van der Waals surface area contributed by atoms with Gasteiger partial charge in [0.05, 0.1) is 19.5 Å². The van der Waals surface area contributed by atoms with E-state index in [9.17, 15) is 4.79 Å². The maximum absolute atomic E-state index is 11.3. The highest BCUT2D eigenvalue weighted by Gasteiger charge is 2.14. The Bertz CT molecular complexity index is 473. The van der Waals surface area contributed by atoms with E-state index < -0.39 is 5.97 Å². The summed E-state index contributed by atoms with van der Waals surface area (Å²) >= 11 is 0. The van der Waals surface area contributed by atoms with Crippen molar-refractivity contribution in [2.45, 2.75) is 0 Å². The number of carbonyl (C=O) groups is 1. The first-order valence-corrected chi connectivity index (χ1v) is 4.21. The van der Waals surface area contributed by atoms with Crippen molar-refractivity contribution in [3.05, 3.63) is 24.2 Å². The van der Waals surface area contributed by atoms with Crippen LogP contribution in [-0.2, 0) is 11.8 Å². The highest BCUT2D eigenvalue weighted by molar-refractivity contribution is 5.87. The molecule has 0 amide bonds. The van der Waals surface area contributed by atoms with Crippen molar-refractivity contribution in [3.8, 4) is 5.82 Å². The molecule has 0 aromatic carbocycles. The lowest BCUT2D eigenvalue weighted by molar-refractivity contribution is 0.0588. The number of carbonyl (C=O) groups excluding carboxylic acids is 1. The summed E-state index contributed by atoms with van der Waals surface area (Å²) in [6, 6.07) is 1.56. The number of methoxy groups -OCH3 is 1. The first-order chi connectivity index (χ1) is 7.22. The van der Waals surface area contributed by atoms with E-state index in [2.05, 4.69) is 20.0 Å². The number of aryl methyl sites for hydroxylation is 1. The van der Waals surface area contributed by atoms with Gasteiger partial charge in [0.2, 0.25) is 0 Å². The van der Waals surface area contributed by atoms with Gasteiger partial charge in [-0.25, -0.2) is 4.79 Å². The fourth-order valence-corrected chi connectivity index (χ4v) is 1.18. The van der Waals surface area contributed by atoms with Crippen LogP contribution in [0.25, 0.3) is 5.82 Å². The largest absolute Gasteiger partial charge is 0.464 e. The van der Waals surface area contributed by atoms with Gasteiger partial charge in [-0.3, -0.25) is 4.68 Å².